The summed E-state index contributed by atoms with van der Waals surface area (Å²) in [5.41, 5.74) is 4.56. The number of para-hydroxylation sites is 1. The van der Waals surface area contributed by atoms with E-state index in [0.29, 0.717) is 0 Å². The van der Waals surface area contributed by atoms with Crippen LogP contribution < -0.4 is 5.32 Å². The highest BCUT2D eigenvalue weighted by Gasteiger charge is 2.03. The highest BCUT2D eigenvalue weighted by molar-refractivity contribution is 7.98. The molecule has 0 aliphatic heterocycles. The zero-order chi connectivity index (χ0) is 14.7. The highest BCUT2D eigenvalue weighted by atomic mass is 32.2. The van der Waals surface area contributed by atoms with E-state index in [1.54, 1.807) is 11.8 Å². The van der Waals surface area contributed by atoms with E-state index in [0.717, 1.165) is 23.4 Å². The van der Waals surface area contributed by atoms with Crippen LogP contribution in [0.1, 0.15) is 11.3 Å². The van der Waals surface area contributed by atoms with Gasteiger partial charge in [0.25, 0.3) is 0 Å². The fourth-order valence-corrected chi connectivity index (χ4v) is 2.93. The van der Waals surface area contributed by atoms with Gasteiger partial charge < -0.3 is 5.32 Å². The smallest absolute Gasteiger partial charge is 0.0708 e. The minimum absolute atomic E-state index is 0.807. The van der Waals surface area contributed by atoms with Crippen LogP contribution in [0.15, 0.2) is 59.5 Å². The average Bonchev–Trinajstić information content (AvgIpc) is 2.52. The Hall–Kier alpha value is -2.00. The van der Waals surface area contributed by atoms with E-state index in [4.69, 9.17) is 0 Å². The van der Waals surface area contributed by atoms with Gasteiger partial charge in [0, 0.05) is 28.2 Å². The van der Waals surface area contributed by atoms with Gasteiger partial charge in [-0.05, 0) is 49.1 Å². The van der Waals surface area contributed by atoms with Gasteiger partial charge in [0.15, 0.2) is 0 Å². The molecule has 0 aliphatic rings. The summed E-state index contributed by atoms with van der Waals surface area (Å²) in [7, 11) is 0. The summed E-state index contributed by atoms with van der Waals surface area (Å²) in [5.74, 6) is 0. The van der Waals surface area contributed by atoms with Crippen molar-refractivity contribution in [1.29, 1.82) is 0 Å². The number of aryl methyl sites for hydroxylation is 1. The van der Waals surface area contributed by atoms with Crippen molar-refractivity contribution in [2.24, 2.45) is 0 Å². The Bertz CT molecular complexity index is 768. The van der Waals surface area contributed by atoms with Crippen LogP contribution in [-0.4, -0.2) is 11.2 Å². The fraction of sp³-hybridized carbons (Fsp3) is 0.167. The Kier molecular flexibility index (Phi) is 4.11. The lowest BCUT2D eigenvalue weighted by Crippen LogP contribution is -2.01. The van der Waals surface area contributed by atoms with Crippen molar-refractivity contribution in [2.75, 3.05) is 11.6 Å². The lowest BCUT2D eigenvalue weighted by atomic mass is 10.1. The molecule has 2 aromatic carbocycles. The Labute approximate surface area is 129 Å². The number of anilines is 1. The maximum absolute atomic E-state index is 4.59. The van der Waals surface area contributed by atoms with Crippen molar-refractivity contribution in [1.82, 2.24) is 4.98 Å². The number of benzene rings is 2. The molecular formula is C18H18N2S. The van der Waals surface area contributed by atoms with Crippen LogP contribution in [0, 0.1) is 6.92 Å². The van der Waals surface area contributed by atoms with Gasteiger partial charge in [0.2, 0.25) is 0 Å². The first kappa shape index (κ1) is 14.0. The highest BCUT2D eigenvalue weighted by Crippen LogP contribution is 2.22. The van der Waals surface area contributed by atoms with Crippen LogP contribution in [0.2, 0.25) is 0 Å². The molecule has 0 fully saturated rings. The van der Waals surface area contributed by atoms with Crippen molar-refractivity contribution in [3.63, 3.8) is 0 Å². The van der Waals surface area contributed by atoms with Gasteiger partial charge >= 0.3 is 0 Å². The number of hydrogen-bond donors (Lipinski definition) is 1. The van der Waals surface area contributed by atoms with Crippen LogP contribution in [0.5, 0.6) is 0 Å². The summed E-state index contributed by atoms with van der Waals surface area (Å²) in [6, 6.07) is 19.0. The molecular weight excluding hydrogens is 276 g/mol. The van der Waals surface area contributed by atoms with Crippen molar-refractivity contribution >= 4 is 28.4 Å². The van der Waals surface area contributed by atoms with Gasteiger partial charge in [-0.3, -0.25) is 4.98 Å². The summed E-state index contributed by atoms with van der Waals surface area (Å²) in [4.78, 5) is 5.86. The van der Waals surface area contributed by atoms with Crippen molar-refractivity contribution < 1.29 is 0 Å². The van der Waals surface area contributed by atoms with E-state index in [9.17, 15) is 0 Å². The third kappa shape index (κ3) is 3.19. The van der Waals surface area contributed by atoms with E-state index in [2.05, 4.69) is 65.1 Å². The molecule has 1 heterocycles. The topological polar surface area (TPSA) is 24.9 Å². The number of aromatic nitrogens is 1. The molecule has 0 aliphatic carbocycles. The average molecular weight is 294 g/mol. The van der Waals surface area contributed by atoms with Crippen LogP contribution in [-0.2, 0) is 6.54 Å². The number of hydrogen-bond acceptors (Lipinski definition) is 3. The van der Waals surface area contributed by atoms with E-state index >= 15 is 0 Å². The van der Waals surface area contributed by atoms with Crippen molar-refractivity contribution in [3.8, 4) is 0 Å². The number of fused-ring (bicyclic) bond motifs is 1. The SMILES string of the molecule is CSc1cccc(NCc2cc(C)nc3ccccc23)c1. The number of pyridine rings is 1. The van der Waals surface area contributed by atoms with Crippen LogP contribution >= 0.6 is 11.8 Å². The standard InChI is InChI=1S/C18H18N2S/c1-13-10-14(17-8-3-4-9-18(17)20-13)12-19-15-6-5-7-16(11-15)21-2/h3-11,19H,12H2,1-2H3. The monoisotopic (exact) mass is 294 g/mol. The summed E-state index contributed by atoms with van der Waals surface area (Å²) < 4.78 is 0. The molecule has 1 N–H and O–H groups in total. The molecule has 0 spiro atoms. The Morgan fingerprint density at radius 1 is 1.05 bits per heavy atom. The predicted octanol–water partition coefficient (Wildman–Crippen LogP) is 4.88. The largest absolute Gasteiger partial charge is 0.381 e. The van der Waals surface area contributed by atoms with Crippen LogP contribution in [0.25, 0.3) is 10.9 Å². The Morgan fingerprint density at radius 2 is 1.90 bits per heavy atom. The quantitative estimate of drug-likeness (QED) is 0.694. The van der Waals surface area contributed by atoms with Gasteiger partial charge in [-0.25, -0.2) is 0 Å². The van der Waals surface area contributed by atoms with Crippen molar-refractivity contribution in [2.45, 2.75) is 18.4 Å². The zero-order valence-electron chi connectivity index (χ0n) is 12.3. The number of nitrogens with zero attached hydrogens (tertiary/aromatic N) is 1. The van der Waals surface area contributed by atoms with Gasteiger partial charge in [-0.2, -0.15) is 0 Å². The van der Waals surface area contributed by atoms with Gasteiger partial charge in [0.05, 0.1) is 5.52 Å². The molecule has 21 heavy (non-hydrogen) atoms. The van der Waals surface area contributed by atoms with E-state index in [1.807, 2.05) is 13.0 Å². The van der Waals surface area contributed by atoms with E-state index in [-0.39, 0.29) is 0 Å². The lowest BCUT2D eigenvalue weighted by Gasteiger charge is -2.11. The second kappa shape index (κ2) is 6.19. The molecule has 0 saturated carbocycles. The molecule has 106 valence electrons. The maximum Gasteiger partial charge on any atom is 0.0708 e. The minimum Gasteiger partial charge on any atom is -0.381 e. The first-order valence-electron chi connectivity index (χ1n) is 6.99. The molecule has 0 bridgehead atoms. The van der Waals surface area contributed by atoms with Crippen molar-refractivity contribution in [3.05, 3.63) is 65.9 Å². The molecule has 0 saturated heterocycles. The molecule has 3 aromatic rings. The first-order valence-corrected chi connectivity index (χ1v) is 8.22. The number of thioether (sulfide) groups is 1. The predicted molar refractivity (Wildman–Crippen MR) is 92.0 cm³/mol. The lowest BCUT2D eigenvalue weighted by molar-refractivity contribution is 1.13. The van der Waals surface area contributed by atoms with E-state index < -0.39 is 0 Å². The third-order valence-electron chi connectivity index (χ3n) is 3.48. The van der Waals surface area contributed by atoms with Crippen LogP contribution in [0.4, 0.5) is 5.69 Å². The molecule has 0 atom stereocenters. The van der Waals surface area contributed by atoms with Crippen LogP contribution in [0.3, 0.4) is 0 Å². The molecule has 2 nitrogen and oxygen atoms in total. The molecule has 0 radical (unpaired) electrons. The molecule has 1 aromatic heterocycles. The van der Waals surface area contributed by atoms with E-state index in [1.165, 1.54) is 15.8 Å². The second-order valence-electron chi connectivity index (χ2n) is 5.03. The molecule has 0 amide bonds. The fourth-order valence-electron chi connectivity index (χ4n) is 2.47. The maximum atomic E-state index is 4.59. The minimum atomic E-state index is 0.807. The van der Waals surface area contributed by atoms with Gasteiger partial charge in [-0.1, -0.05) is 24.3 Å². The number of rotatable bonds is 4. The normalized spacial score (nSPS) is 10.8. The molecule has 0 unspecified atom stereocenters. The summed E-state index contributed by atoms with van der Waals surface area (Å²) in [6.07, 6.45) is 2.10. The molecule has 3 rings (SSSR count). The summed E-state index contributed by atoms with van der Waals surface area (Å²) in [5, 5.41) is 4.73. The summed E-state index contributed by atoms with van der Waals surface area (Å²) >= 11 is 1.76. The van der Waals surface area contributed by atoms with Gasteiger partial charge in [0.1, 0.15) is 0 Å². The zero-order valence-corrected chi connectivity index (χ0v) is 13.1. The molecule has 3 heteroatoms. The number of nitrogens with one attached hydrogen (secondary N) is 1. The summed E-state index contributed by atoms with van der Waals surface area (Å²) in [6.45, 7) is 2.85. The first-order chi connectivity index (χ1) is 10.3. The Balaban J connectivity index is 1.87. The third-order valence-corrected chi connectivity index (χ3v) is 4.21. The Morgan fingerprint density at radius 3 is 2.76 bits per heavy atom. The van der Waals surface area contributed by atoms with Gasteiger partial charge in [-0.15, -0.1) is 11.8 Å². The second-order valence-corrected chi connectivity index (χ2v) is 5.91.